The molecule has 1 heterocycles. The number of thiazole rings is 1. The van der Waals surface area contributed by atoms with Crippen molar-refractivity contribution in [2.45, 2.75) is 13.0 Å². The lowest BCUT2D eigenvalue weighted by atomic mass is 10.1. The Labute approximate surface area is 131 Å². The maximum atomic E-state index is 5.38. The van der Waals surface area contributed by atoms with Crippen LogP contribution in [0.15, 0.2) is 22.0 Å². The minimum absolute atomic E-state index is 0.0166. The van der Waals surface area contributed by atoms with Crippen LogP contribution in [-0.2, 0) is 0 Å². The molecule has 1 N–H and O–H groups in total. The normalized spacial score (nSPS) is 12.2. The largest absolute Gasteiger partial charge is 0.493 e. The molecule has 0 saturated carbocycles. The van der Waals surface area contributed by atoms with E-state index in [0.717, 1.165) is 20.7 Å². The minimum Gasteiger partial charge on any atom is -0.493 e. The van der Waals surface area contributed by atoms with Gasteiger partial charge < -0.3 is 14.8 Å². The van der Waals surface area contributed by atoms with Gasteiger partial charge in [-0.05, 0) is 31.7 Å². The highest BCUT2D eigenvalue weighted by atomic mass is 79.9. The second-order valence-electron chi connectivity index (χ2n) is 4.28. The summed E-state index contributed by atoms with van der Waals surface area (Å²) in [5, 5.41) is 6.37. The Morgan fingerprint density at radius 1 is 1.25 bits per heavy atom. The number of nitrogens with zero attached hydrogens (tertiary/aromatic N) is 1. The third-order valence-electron chi connectivity index (χ3n) is 2.99. The van der Waals surface area contributed by atoms with Crippen molar-refractivity contribution in [3.63, 3.8) is 0 Å². The van der Waals surface area contributed by atoms with Crippen LogP contribution in [0.3, 0.4) is 0 Å². The summed E-state index contributed by atoms with van der Waals surface area (Å²) in [6.07, 6.45) is 0. The quantitative estimate of drug-likeness (QED) is 0.889. The molecular weight excluding hydrogens is 340 g/mol. The molecule has 108 valence electrons. The SMILES string of the molecule is CNC(c1nc(C)cs1)c1cc(OC)c(OC)cc1Br. The van der Waals surface area contributed by atoms with Crippen molar-refractivity contribution in [1.29, 1.82) is 0 Å². The number of hydrogen-bond acceptors (Lipinski definition) is 5. The summed E-state index contributed by atoms with van der Waals surface area (Å²) in [7, 11) is 5.19. The van der Waals surface area contributed by atoms with Gasteiger partial charge in [-0.2, -0.15) is 0 Å². The Morgan fingerprint density at radius 2 is 1.90 bits per heavy atom. The maximum Gasteiger partial charge on any atom is 0.161 e. The molecule has 0 radical (unpaired) electrons. The highest BCUT2D eigenvalue weighted by molar-refractivity contribution is 9.10. The first-order valence-corrected chi connectivity index (χ1v) is 7.78. The fraction of sp³-hybridized carbons (Fsp3) is 0.357. The summed E-state index contributed by atoms with van der Waals surface area (Å²) in [4.78, 5) is 4.56. The van der Waals surface area contributed by atoms with Crippen LogP contribution in [0.1, 0.15) is 22.3 Å². The van der Waals surface area contributed by atoms with Crippen molar-refractivity contribution in [1.82, 2.24) is 10.3 Å². The average Bonchev–Trinajstić information content (AvgIpc) is 2.87. The van der Waals surface area contributed by atoms with Gasteiger partial charge in [-0.3, -0.25) is 0 Å². The van der Waals surface area contributed by atoms with Gasteiger partial charge in [0.25, 0.3) is 0 Å². The van der Waals surface area contributed by atoms with E-state index in [9.17, 15) is 0 Å². The number of aromatic nitrogens is 1. The average molecular weight is 357 g/mol. The highest BCUT2D eigenvalue weighted by Crippen LogP contribution is 2.38. The van der Waals surface area contributed by atoms with Crippen LogP contribution in [0.25, 0.3) is 0 Å². The number of hydrogen-bond donors (Lipinski definition) is 1. The van der Waals surface area contributed by atoms with Gasteiger partial charge >= 0.3 is 0 Å². The van der Waals surface area contributed by atoms with Gasteiger partial charge in [0.15, 0.2) is 11.5 Å². The summed E-state index contributed by atoms with van der Waals surface area (Å²) in [5.74, 6) is 1.41. The number of ether oxygens (including phenoxy) is 2. The third-order valence-corrected chi connectivity index (χ3v) is 4.70. The molecular formula is C14H17BrN2O2S. The summed E-state index contributed by atoms with van der Waals surface area (Å²) in [6, 6.07) is 3.91. The number of halogens is 1. The third kappa shape index (κ3) is 2.97. The summed E-state index contributed by atoms with van der Waals surface area (Å²) in [5.41, 5.74) is 2.10. The second-order valence-corrected chi connectivity index (χ2v) is 6.02. The van der Waals surface area contributed by atoms with Crippen molar-refractivity contribution in [2.75, 3.05) is 21.3 Å². The molecule has 6 heteroatoms. The van der Waals surface area contributed by atoms with Crippen LogP contribution in [0, 0.1) is 6.92 Å². The van der Waals surface area contributed by atoms with Crippen LogP contribution in [0.4, 0.5) is 0 Å². The standard InChI is InChI=1S/C14H17BrN2O2S/c1-8-7-20-14(17-8)13(16-2)9-5-11(18-3)12(19-4)6-10(9)15/h5-7,13,16H,1-4H3. The summed E-state index contributed by atoms with van der Waals surface area (Å²) >= 11 is 5.24. The first-order valence-electron chi connectivity index (χ1n) is 6.11. The molecule has 0 saturated heterocycles. The lowest BCUT2D eigenvalue weighted by molar-refractivity contribution is 0.354. The van der Waals surface area contributed by atoms with E-state index in [-0.39, 0.29) is 6.04 Å². The molecule has 0 fully saturated rings. The number of aryl methyl sites for hydroxylation is 1. The van der Waals surface area contributed by atoms with E-state index in [1.54, 1.807) is 25.6 Å². The lowest BCUT2D eigenvalue weighted by Crippen LogP contribution is -2.18. The van der Waals surface area contributed by atoms with Gasteiger partial charge in [0.2, 0.25) is 0 Å². The molecule has 1 atom stereocenters. The van der Waals surface area contributed by atoms with E-state index in [1.807, 2.05) is 31.5 Å². The molecule has 1 unspecified atom stereocenters. The molecule has 0 aliphatic carbocycles. The van der Waals surface area contributed by atoms with Crippen LogP contribution < -0.4 is 14.8 Å². The van der Waals surface area contributed by atoms with Crippen molar-refractivity contribution in [2.24, 2.45) is 0 Å². The molecule has 0 aliphatic rings. The van der Waals surface area contributed by atoms with Crippen LogP contribution in [0.2, 0.25) is 0 Å². The van der Waals surface area contributed by atoms with Crippen LogP contribution in [0.5, 0.6) is 11.5 Å². The minimum atomic E-state index is 0.0166. The van der Waals surface area contributed by atoms with Crippen molar-refractivity contribution < 1.29 is 9.47 Å². The van der Waals surface area contributed by atoms with E-state index in [2.05, 4.69) is 26.2 Å². The van der Waals surface area contributed by atoms with Gasteiger partial charge in [-0.1, -0.05) is 15.9 Å². The van der Waals surface area contributed by atoms with Crippen LogP contribution >= 0.6 is 27.3 Å². The summed E-state index contributed by atoms with van der Waals surface area (Å²) in [6.45, 7) is 2.00. The Hall–Kier alpha value is -1.11. The van der Waals surface area contributed by atoms with Gasteiger partial charge in [0, 0.05) is 15.5 Å². The Balaban J connectivity index is 2.49. The molecule has 20 heavy (non-hydrogen) atoms. The zero-order valence-electron chi connectivity index (χ0n) is 11.9. The molecule has 1 aromatic carbocycles. The van der Waals surface area contributed by atoms with Gasteiger partial charge in [0.1, 0.15) is 5.01 Å². The molecule has 0 bridgehead atoms. The molecule has 0 spiro atoms. The molecule has 2 aromatic rings. The van der Waals surface area contributed by atoms with E-state index in [1.165, 1.54) is 0 Å². The smallest absolute Gasteiger partial charge is 0.161 e. The molecule has 4 nitrogen and oxygen atoms in total. The number of methoxy groups -OCH3 is 2. The second kappa shape index (κ2) is 6.56. The fourth-order valence-corrected chi connectivity index (χ4v) is 3.48. The topological polar surface area (TPSA) is 43.4 Å². The zero-order valence-corrected chi connectivity index (χ0v) is 14.3. The monoisotopic (exact) mass is 356 g/mol. The first-order chi connectivity index (χ1) is 9.60. The molecule has 0 amide bonds. The predicted molar refractivity (Wildman–Crippen MR) is 85.0 cm³/mol. The van der Waals surface area contributed by atoms with Gasteiger partial charge in [-0.25, -0.2) is 4.98 Å². The van der Waals surface area contributed by atoms with Gasteiger partial charge in [0.05, 0.1) is 20.3 Å². The van der Waals surface area contributed by atoms with E-state index < -0.39 is 0 Å². The lowest BCUT2D eigenvalue weighted by Gasteiger charge is -2.18. The highest BCUT2D eigenvalue weighted by Gasteiger charge is 2.20. The van der Waals surface area contributed by atoms with Crippen molar-refractivity contribution in [3.05, 3.63) is 38.3 Å². The van der Waals surface area contributed by atoms with E-state index in [0.29, 0.717) is 11.5 Å². The summed E-state index contributed by atoms with van der Waals surface area (Å²) < 4.78 is 11.6. The number of rotatable bonds is 5. The Bertz CT molecular complexity index is 601. The van der Waals surface area contributed by atoms with Crippen molar-refractivity contribution in [3.8, 4) is 11.5 Å². The maximum absolute atomic E-state index is 5.38. The molecule has 2 rings (SSSR count). The number of benzene rings is 1. The molecule has 1 aromatic heterocycles. The Morgan fingerprint density at radius 3 is 2.40 bits per heavy atom. The zero-order chi connectivity index (χ0) is 14.7. The number of nitrogens with one attached hydrogen (secondary N) is 1. The first kappa shape index (κ1) is 15.3. The molecule has 0 aliphatic heterocycles. The van der Waals surface area contributed by atoms with E-state index >= 15 is 0 Å². The van der Waals surface area contributed by atoms with Crippen molar-refractivity contribution >= 4 is 27.3 Å². The Kier molecular flexibility index (Phi) is 5.01. The predicted octanol–water partition coefficient (Wildman–Crippen LogP) is 3.54. The van der Waals surface area contributed by atoms with E-state index in [4.69, 9.17) is 9.47 Å². The van der Waals surface area contributed by atoms with Crippen LogP contribution in [-0.4, -0.2) is 26.3 Å². The van der Waals surface area contributed by atoms with Gasteiger partial charge in [-0.15, -0.1) is 11.3 Å². The fourth-order valence-electron chi connectivity index (χ4n) is 2.01.